The standard InChI is InChI=1S/C19H34N6O.HI/c1-14-17(15(2)25(5)23-14)12-21-19(22-13-18(26)24(3)4)20-11-16-9-7-6-8-10-16;/h16H,6-13H2,1-5H3,(H2,20,21,22);1H. The summed E-state index contributed by atoms with van der Waals surface area (Å²) in [6.07, 6.45) is 6.54. The number of hydrogen-bond donors (Lipinski definition) is 2. The van der Waals surface area contributed by atoms with Crippen molar-refractivity contribution in [2.45, 2.75) is 52.5 Å². The van der Waals surface area contributed by atoms with Crippen LogP contribution in [0.1, 0.15) is 49.1 Å². The van der Waals surface area contributed by atoms with Gasteiger partial charge in [-0.05, 0) is 32.6 Å². The van der Waals surface area contributed by atoms with Crippen LogP contribution in [0.2, 0.25) is 0 Å². The number of aliphatic imine (C=N–C) groups is 1. The number of hydrogen-bond acceptors (Lipinski definition) is 3. The lowest BCUT2D eigenvalue weighted by Gasteiger charge is -2.23. The number of nitrogens with one attached hydrogen (secondary N) is 2. The van der Waals surface area contributed by atoms with Crippen LogP contribution in [-0.2, 0) is 18.4 Å². The summed E-state index contributed by atoms with van der Waals surface area (Å²) in [5.74, 6) is 1.43. The molecule has 1 aliphatic carbocycles. The second-order valence-electron chi connectivity index (χ2n) is 7.46. The summed E-state index contributed by atoms with van der Waals surface area (Å²) in [6, 6.07) is 0. The van der Waals surface area contributed by atoms with Crippen molar-refractivity contribution in [3.05, 3.63) is 17.0 Å². The Balaban J connectivity index is 0.00000364. The number of nitrogens with zero attached hydrogens (tertiary/aromatic N) is 4. The average Bonchev–Trinajstić information content (AvgIpc) is 2.87. The molecule has 0 saturated heterocycles. The highest BCUT2D eigenvalue weighted by Gasteiger charge is 2.15. The molecule has 1 aromatic heterocycles. The molecule has 1 saturated carbocycles. The number of amides is 1. The summed E-state index contributed by atoms with van der Waals surface area (Å²) in [5.41, 5.74) is 3.28. The lowest BCUT2D eigenvalue weighted by molar-refractivity contribution is -0.127. The Morgan fingerprint density at radius 2 is 1.89 bits per heavy atom. The third-order valence-corrected chi connectivity index (χ3v) is 5.24. The number of guanidine groups is 1. The molecular weight excluding hydrogens is 455 g/mol. The largest absolute Gasteiger partial charge is 0.356 e. The molecule has 0 aromatic carbocycles. The van der Waals surface area contributed by atoms with Gasteiger partial charge in [0.15, 0.2) is 5.96 Å². The van der Waals surface area contributed by atoms with E-state index in [1.807, 2.05) is 18.7 Å². The molecule has 0 aliphatic heterocycles. The van der Waals surface area contributed by atoms with Crippen LogP contribution in [0.3, 0.4) is 0 Å². The van der Waals surface area contributed by atoms with Gasteiger partial charge in [0, 0.05) is 38.9 Å². The Kier molecular flexibility index (Phi) is 10.1. The van der Waals surface area contributed by atoms with E-state index in [2.05, 4.69) is 22.7 Å². The quantitative estimate of drug-likeness (QED) is 0.365. The van der Waals surface area contributed by atoms with Gasteiger partial charge < -0.3 is 15.5 Å². The lowest BCUT2D eigenvalue weighted by Crippen LogP contribution is -2.44. The van der Waals surface area contributed by atoms with Crippen molar-refractivity contribution in [3.8, 4) is 0 Å². The summed E-state index contributed by atoms with van der Waals surface area (Å²) in [5, 5.41) is 11.1. The molecule has 2 N–H and O–H groups in total. The van der Waals surface area contributed by atoms with Crippen molar-refractivity contribution >= 4 is 35.8 Å². The molecule has 0 unspecified atom stereocenters. The van der Waals surface area contributed by atoms with Crippen molar-refractivity contribution < 1.29 is 4.79 Å². The van der Waals surface area contributed by atoms with Gasteiger partial charge in [0.25, 0.3) is 0 Å². The van der Waals surface area contributed by atoms with Crippen LogP contribution >= 0.6 is 24.0 Å². The van der Waals surface area contributed by atoms with E-state index in [1.54, 1.807) is 19.0 Å². The van der Waals surface area contributed by atoms with Crippen molar-refractivity contribution in [2.24, 2.45) is 18.0 Å². The van der Waals surface area contributed by atoms with Crippen LogP contribution < -0.4 is 10.6 Å². The third kappa shape index (κ3) is 7.31. The second-order valence-corrected chi connectivity index (χ2v) is 7.46. The molecule has 1 fully saturated rings. The molecule has 0 atom stereocenters. The maximum atomic E-state index is 11.9. The molecule has 154 valence electrons. The molecular formula is C19H35IN6O. The summed E-state index contributed by atoms with van der Waals surface area (Å²) < 4.78 is 1.89. The van der Waals surface area contributed by atoms with E-state index in [1.165, 1.54) is 32.1 Å². The Hall–Kier alpha value is -1.32. The van der Waals surface area contributed by atoms with Gasteiger partial charge in [0.2, 0.25) is 5.91 Å². The molecule has 0 spiro atoms. The molecule has 1 aliphatic rings. The maximum Gasteiger partial charge on any atom is 0.241 e. The predicted molar refractivity (Wildman–Crippen MR) is 121 cm³/mol. The molecule has 0 radical (unpaired) electrons. The number of rotatable bonds is 6. The lowest BCUT2D eigenvalue weighted by atomic mass is 9.89. The minimum absolute atomic E-state index is 0. The van der Waals surface area contributed by atoms with Gasteiger partial charge in [-0.1, -0.05) is 19.3 Å². The SMILES string of the molecule is Cc1nn(C)c(C)c1CN=C(NCC(=O)N(C)C)NCC1CCCCC1.I. The number of carbonyl (C=O) groups excluding carboxylic acids is 1. The maximum absolute atomic E-state index is 11.9. The first-order chi connectivity index (χ1) is 12.4. The number of aromatic nitrogens is 2. The normalized spacial score (nSPS) is 15.2. The average molecular weight is 490 g/mol. The highest BCUT2D eigenvalue weighted by atomic mass is 127. The Labute approximate surface area is 180 Å². The summed E-state index contributed by atoms with van der Waals surface area (Å²) in [6.45, 7) is 5.78. The highest BCUT2D eigenvalue weighted by Crippen LogP contribution is 2.22. The zero-order valence-corrected chi connectivity index (χ0v) is 19.7. The molecule has 1 amide bonds. The summed E-state index contributed by atoms with van der Waals surface area (Å²) in [7, 11) is 5.48. The fraction of sp³-hybridized carbons (Fsp3) is 0.737. The number of carbonyl (C=O) groups is 1. The molecule has 7 nitrogen and oxygen atoms in total. The number of aryl methyl sites for hydroxylation is 2. The second kappa shape index (κ2) is 11.5. The molecule has 0 bridgehead atoms. The minimum atomic E-state index is 0. The Bertz CT molecular complexity index is 634. The van der Waals surface area contributed by atoms with E-state index in [0.717, 1.165) is 23.5 Å². The van der Waals surface area contributed by atoms with Crippen LogP contribution in [0.15, 0.2) is 4.99 Å². The molecule has 27 heavy (non-hydrogen) atoms. The summed E-state index contributed by atoms with van der Waals surface area (Å²) in [4.78, 5) is 18.2. The van der Waals surface area contributed by atoms with E-state index in [9.17, 15) is 4.79 Å². The van der Waals surface area contributed by atoms with Gasteiger partial charge in [-0.25, -0.2) is 4.99 Å². The Morgan fingerprint density at radius 1 is 1.22 bits per heavy atom. The summed E-state index contributed by atoms with van der Waals surface area (Å²) >= 11 is 0. The molecule has 2 rings (SSSR count). The van der Waals surface area contributed by atoms with Crippen LogP contribution in [-0.4, -0.2) is 53.7 Å². The highest BCUT2D eigenvalue weighted by molar-refractivity contribution is 14.0. The third-order valence-electron chi connectivity index (χ3n) is 5.24. The zero-order chi connectivity index (χ0) is 19.1. The van der Waals surface area contributed by atoms with E-state index in [4.69, 9.17) is 4.99 Å². The number of likely N-dealkylation sites (N-methyl/N-ethyl adjacent to an activating group) is 1. The molecule has 1 aromatic rings. The van der Waals surface area contributed by atoms with Crippen LogP contribution in [0.4, 0.5) is 0 Å². The smallest absolute Gasteiger partial charge is 0.241 e. The zero-order valence-electron chi connectivity index (χ0n) is 17.3. The first-order valence-electron chi connectivity index (χ1n) is 9.60. The van der Waals surface area contributed by atoms with Gasteiger partial charge >= 0.3 is 0 Å². The molecule has 1 heterocycles. The van der Waals surface area contributed by atoms with Gasteiger partial charge in [-0.2, -0.15) is 5.10 Å². The topological polar surface area (TPSA) is 74.5 Å². The van der Waals surface area contributed by atoms with E-state index < -0.39 is 0 Å². The first-order valence-corrected chi connectivity index (χ1v) is 9.60. The monoisotopic (exact) mass is 490 g/mol. The minimum Gasteiger partial charge on any atom is -0.356 e. The first kappa shape index (κ1) is 23.7. The molecule has 8 heteroatoms. The van der Waals surface area contributed by atoms with Crippen molar-refractivity contribution in [1.82, 2.24) is 25.3 Å². The van der Waals surface area contributed by atoms with E-state index >= 15 is 0 Å². The van der Waals surface area contributed by atoms with Gasteiger partial charge in [0.1, 0.15) is 0 Å². The van der Waals surface area contributed by atoms with Gasteiger partial charge in [0.05, 0.1) is 18.8 Å². The van der Waals surface area contributed by atoms with Crippen molar-refractivity contribution in [1.29, 1.82) is 0 Å². The fourth-order valence-corrected chi connectivity index (χ4v) is 3.33. The van der Waals surface area contributed by atoms with Crippen molar-refractivity contribution in [2.75, 3.05) is 27.2 Å². The van der Waals surface area contributed by atoms with E-state index in [0.29, 0.717) is 18.4 Å². The van der Waals surface area contributed by atoms with Crippen LogP contribution in [0.5, 0.6) is 0 Å². The van der Waals surface area contributed by atoms with Gasteiger partial charge in [-0.3, -0.25) is 9.48 Å². The number of halogens is 1. The fourth-order valence-electron chi connectivity index (χ4n) is 3.33. The van der Waals surface area contributed by atoms with Gasteiger partial charge in [-0.15, -0.1) is 24.0 Å². The Morgan fingerprint density at radius 3 is 2.44 bits per heavy atom. The van der Waals surface area contributed by atoms with Crippen molar-refractivity contribution in [3.63, 3.8) is 0 Å². The predicted octanol–water partition coefficient (Wildman–Crippen LogP) is 2.36. The van der Waals surface area contributed by atoms with Crippen LogP contribution in [0.25, 0.3) is 0 Å². The van der Waals surface area contributed by atoms with E-state index in [-0.39, 0.29) is 36.4 Å². The van der Waals surface area contributed by atoms with Crippen LogP contribution in [0, 0.1) is 19.8 Å².